The molecule has 140 valence electrons. The fourth-order valence-electron chi connectivity index (χ4n) is 2.34. The van der Waals surface area contributed by atoms with E-state index in [1.54, 1.807) is 32.9 Å². The highest BCUT2D eigenvalue weighted by Gasteiger charge is 2.20. The fourth-order valence-corrected chi connectivity index (χ4v) is 4.13. The molecular formula is C19H24N2O3S2. The van der Waals surface area contributed by atoms with Gasteiger partial charge in [0.25, 0.3) is 0 Å². The van der Waals surface area contributed by atoms with Gasteiger partial charge >= 0.3 is 0 Å². The van der Waals surface area contributed by atoms with Crippen molar-refractivity contribution in [3.63, 3.8) is 0 Å². The Hall–Kier alpha value is -1.83. The lowest BCUT2D eigenvalue weighted by Crippen LogP contribution is -2.27. The van der Waals surface area contributed by atoms with E-state index in [1.165, 1.54) is 17.8 Å². The Morgan fingerprint density at radius 1 is 1.04 bits per heavy atom. The maximum absolute atomic E-state index is 12.8. The molecule has 1 amide bonds. The van der Waals surface area contributed by atoms with Crippen LogP contribution in [-0.2, 0) is 14.8 Å². The number of carbonyl (C=O) groups is 1. The molecule has 5 nitrogen and oxygen atoms in total. The molecule has 1 atom stereocenters. The number of anilines is 1. The van der Waals surface area contributed by atoms with Crippen molar-refractivity contribution < 1.29 is 13.2 Å². The van der Waals surface area contributed by atoms with E-state index in [1.807, 2.05) is 36.6 Å². The Kier molecular flexibility index (Phi) is 6.86. The SMILES string of the molecule is CSc1ccc(S(=O)(=O)N[C@@H](C)c2ccccc2)cc1NC(=O)C(C)C. The highest BCUT2D eigenvalue weighted by atomic mass is 32.2. The largest absolute Gasteiger partial charge is 0.325 e. The molecule has 0 heterocycles. The van der Waals surface area contributed by atoms with Crippen LogP contribution in [0.2, 0.25) is 0 Å². The van der Waals surface area contributed by atoms with E-state index in [0.29, 0.717) is 5.69 Å². The molecule has 0 unspecified atom stereocenters. The predicted octanol–water partition coefficient (Wildman–Crippen LogP) is 4.04. The first-order valence-corrected chi connectivity index (χ1v) is 11.0. The van der Waals surface area contributed by atoms with Gasteiger partial charge in [0.05, 0.1) is 10.6 Å². The Balaban J connectivity index is 2.30. The minimum absolute atomic E-state index is 0.122. The molecule has 2 aromatic rings. The van der Waals surface area contributed by atoms with Crippen LogP contribution in [0, 0.1) is 5.92 Å². The second kappa shape index (κ2) is 8.70. The van der Waals surface area contributed by atoms with E-state index in [0.717, 1.165) is 10.5 Å². The zero-order chi connectivity index (χ0) is 19.3. The van der Waals surface area contributed by atoms with Gasteiger partial charge in [0.1, 0.15) is 0 Å². The molecule has 0 aliphatic carbocycles. The van der Waals surface area contributed by atoms with Crippen molar-refractivity contribution in [3.05, 3.63) is 54.1 Å². The summed E-state index contributed by atoms with van der Waals surface area (Å²) in [5, 5.41) is 2.81. The highest BCUT2D eigenvalue weighted by molar-refractivity contribution is 7.98. The van der Waals surface area contributed by atoms with E-state index in [9.17, 15) is 13.2 Å². The summed E-state index contributed by atoms with van der Waals surface area (Å²) in [7, 11) is -3.72. The number of nitrogens with one attached hydrogen (secondary N) is 2. The summed E-state index contributed by atoms with van der Waals surface area (Å²) in [5.74, 6) is -0.346. The van der Waals surface area contributed by atoms with Crippen molar-refractivity contribution in [2.24, 2.45) is 5.92 Å². The minimum atomic E-state index is -3.72. The maximum Gasteiger partial charge on any atom is 0.241 e. The Morgan fingerprint density at radius 3 is 2.27 bits per heavy atom. The Morgan fingerprint density at radius 2 is 1.69 bits per heavy atom. The minimum Gasteiger partial charge on any atom is -0.325 e. The molecule has 0 bridgehead atoms. The van der Waals surface area contributed by atoms with Crippen molar-refractivity contribution in [3.8, 4) is 0 Å². The van der Waals surface area contributed by atoms with Crippen LogP contribution in [0.5, 0.6) is 0 Å². The van der Waals surface area contributed by atoms with Gasteiger partial charge in [-0.05, 0) is 36.9 Å². The molecule has 7 heteroatoms. The van der Waals surface area contributed by atoms with Crippen molar-refractivity contribution in [1.82, 2.24) is 4.72 Å². The molecule has 2 N–H and O–H groups in total. The smallest absolute Gasteiger partial charge is 0.241 e. The molecule has 0 fully saturated rings. The van der Waals surface area contributed by atoms with Crippen LogP contribution in [0.4, 0.5) is 5.69 Å². The third kappa shape index (κ3) is 5.09. The van der Waals surface area contributed by atoms with E-state index in [-0.39, 0.29) is 22.8 Å². The number of benzene rings is 2. The molecule has 0 aromatic heterocycles. The van der Waals surface area contributed by atoms with Gasteiger partial charge in [0, 0.05) is 16.9 Å². The van der Waals surface area contributed by atoms with Gasteiger partial charge in [0.2, 0.25) is 15.9 Å². The third-order valence-corrected chi connectivity index (χ3v) is 6.23. The summed E-state index contributed by atoms with van der Waals surface area (Å²) < 4.78 is 28.2. The quantitative estimate of drug-likeness (QED) is 0.697. The number of hydrogen-bond acceptors (Lipinski definition) is 4. The van der Waals surface area contributed by atoms with Crippen LogP contribution in [0.3, 0.4) is 0 Å². The number of carbonyl (C=O) groups excluding carboxylic acids is 1. The average Bonchev–Trinajstić information content (AvgIpc) is 2.61. The zero-order valence-electron chi connectivity index (χ0n) is 15.3. The lowest BCUT2D eigenvalue weighted by Gasteiger charge is -2.17. The number of hydrogen-bond donors (Lipinski definition) is 2. The molecule has 0 radical (unpaired) electrons. The topological polar surface area (TPSA) is 75.3 Å². The molecular weight excluding hydrogens is 368 g/mol. The van der Waals surface area contributed by atoms with Gasteiger partial charge in [-0.3, -0.25) is 4.79 Å². The maximum atomic E-state index is 12.8. The molecule has 26 heavy (non-hydrogen) atoms. The van der Waals surface area contributed by atoms with Crippen LogP contribution in [-0.4, -0.2) is 20.6 Å². The summed E-state index contributed by atoms with van der Waals surface area (Å²) in [6.45, 7) is 5.38. The molecule has 0 saturated heterocycles. The summed E-state index contributed by atoms with van der Waals surface area (Å²) in [5.41, 5.74) is 1.39. The van der Waals surface area contributed by atoms with Crippen LogP contribution in [0.1, 0.15) is 32.4 Å². The van der Waals surface area contributed by atoms with E-state index in [2.05, 4.69) is 10.0 Å². The first-order chi connectivity index (χ1) is 12.2. The second-order valence-electron chi connectivity index (χ2n) is 6.26. The van der Waals surface area contributed by atoms with Gasteiger partial charge in [-0.15, -0.1) is 11.8 Å². The fraction of sp³-hybridized carbons (Fsp3) is 0.316. The standard InChI is InChI=1S/C19H24N2O3S2/c1-13(2)19(22)20-17-12-16(10-11-18(17)25-4)26(23,24)21-14(3)15-8-6-5-7-9-15/h5-14,21H,1-4H3,(H,20,22)/t14-/m0/s1. The van der Waals surface area contributed by atoms with Crippen molar-refractivity contribution >= 4 is 33.4 Å². The summed E-state index contributed by atoms with van der Waals surface area (Å²) in [6, 6.07) is 13.8. The summed E-state index contributed by atoms with van der Waals surface area (Å²) >= 11 is 1.45. The summed E-state index contributed by atoms with van der Waals surface area (Å²) in [6.07, 6.45) is 1.88. The van der Waals surface area contributed by atoms with Gasteiger partial charge in [-0.2, -0.15) is 0 Å². The van der Waals surface area contributed by atoms with Gasteiger partial charge in [-0.25, -0.2) is 13.1 Å². The highest BCUT2D eigenvalue weighted by Crippen LogP contribution is 2.29. The van der Waals surface area contributed by atoms with Gasteiger partial charge < -0.3 is 5.32 Å². The monoisotopic (exact) mass is 392 g/mol. The van der Waals surface area contributed by atoms with Crippen molar-refractivity contribution in [1.29, 1.82) is 0 Å². The molecule has 2 aromatic carbocycles. The van der Waals surface area contributed by atoms with Crippen molar-refractivity contribution in [2.75, 3.05) is 11.6 Å². The number of thioether (sulfide) groups is 1. The predicted molar refractivity (Wildman–Crippen MR) is 107 cm³/mol. The Bertz CT molecular complexity index is 866. The van der Waals surface area contributed by atoms with E-state index >= 15 is 0 Å². The molecule has 0 saturated carbocycles. The summed E-state index contributed by atoms with van der Waals surface area (Å²) in [4.78, 5) is 13.0. The molecule has 0 aliphatic rings. The van der Waals surface area contributed by atoms with Gasteiger partial charge in [-0.1, -0.05) is 44.2 Å². The lowest BCUT2D eigenvalue weighted by molar-refractivity contribution is -0.118. The van der Waals surface area contributed by atoms with Crippen LogP contribution in [0.15, 0.2) is 58.3 Å². The number of rotatable bonds is 7. The Labute approximate surface area is 159 Å². The van der Waals surface area contributed by atoms with Gasteiger partial charge in [0.15, 0.2) is 0 Å². The molecule has 0 spiro atoms. The second-order valence-corrected chi connectivity index (χ2v) is 8.82. The van der Waals surface area contributed by atoms with E-state index in [4.69, 9.17) is 0 Å². The molecule has 0 aliphatic heterocycles. The third-order valence-electron chi connectivity index (χ3n) is 3.89. The lowest BCUT2D eigenvalue weighted by atomic mass is 10.1. The molecule has 2 rings (SSSR count). The normalized spacial score (nSPS) is 12.8. The zero-order valence-corrected chi connectivity index (χ0v) is 16.9. The first-order valence-electron chi connectivity index (χ1n) is 8.30. The van der Waals surface area contributed by atoms with Crippen molar-refractivity contribution in [2.45, 2.75) is 36.6 Å². The van der Waals surface area contributed by atoms with Crippen LogP contribution >= 0.6 is 11.8 Å². The number of amides is 1. The van der Waals surface area contributed by atoms with E-state index < -0.39 is 10.0 Å². The average molecular weight is 393 g/mol. The number of sulfonamides is 1. The first kappa shape index (κ1) is 20.5. The van der Waals surface area contributed by atoms with Crippen LogP contribution in [0.25, 0.3) is 0 Å². The van der Waals surface area contributed by atoms with Crippen LogP contribution < -0.4 is 10.0 Å².